The Balaban J connectivity index is 2.79. The van der Waals surface area contributed by atoms with E-state index in [-0.39, 0.29) is 17.5 Å². The second kappa shape index (κ2) is 6.20. The summed E-state index contributed by atoms with van der Waals surface area (Å²) in [7, 11) is -3.00. The number of nitrogens with one attached hydrogen (secondary N) is 1. The van der Waals surface area contributed by atoms with Crippen LogP contribution in [0.25, 0.3) is 0 Å². The molecule has 0 spiro atoms. The predicted octanol–water partition coefficient (Wildman–Crippen LogP) is 1.98. The van der Waals surface area contributed by atoms with Gasteiger partial charge in [0.25, 0.3) is 0 Å². The van der Waals surface area contributed by atoms with E-state index in [1.54, 1.807) is 13.8 Å². The zero-order valence-corrected chi connectivity index (χ0v) is 11.9. The normalized spacial score (nSPS) is 15.1. The number of para-hydroxylation sites is 1. The topological polar surface area (TPSA) is 66.4 Å². The van der Waals surface area contributed by atoms with Crippen LogP contribution in [0.1, 0.15) is 32.4 Å². The van der Waals surface area contributed by atoms with E-state index in [0.29, 0.717) is 0 Å². The lowest BCUT2D eigenvalue weighted by Crippen LogP contribution is -2.27. The SMILES string of the molecule is CCS(=O)(=O)CC(C)Nc1ccccc1C(C)O. The van der Waals surface area contributed by atoms with Gasteiger partial charge in [0.1, 0.15) is 0 Å². The summed E-state index contributed by atoms with van der Waals surface area (Å²) in [6.45, 7) is 5.16. The number of hydrogen-bond donors (Lipinski definition) is 2. The smallest absolute Gasteiger partial charge is 0.152 e. The highest BCUT2D eigenvalue weighted by molar-refractivity contribution is 7.91. The van der Waals surface area contributed by atoms with Crippen molar-refractivity contribution in [3.8, 4) is 0 Å². The first-order chi connectivity index (χ1) is 8.35. The van der Waals surface area contributed by atoms with Crippen molar-refractivity contribution < 1.29 is 13.5 Å². The third-order valence-electron chi connectivity index (χ3n) is 2.76. The highest BCUT2D eigenvalue weighted by atomic mass is 32.2. The fourth-order valence-electron chi connectivity index (χ4n) is 1.80. The first kappa shape index (κ1) is 15.0. The van der Waals surface area contributed by atoms with E-state index in [1.165, 1.54) is 0 Å². The molecule has 0 aliphatic carbocycles. The number of benzene rings is 1. The highest BCUT2D eigenvalue weighted by Gasteiger charge is 2.15. The summed E-state index contributed by atoms with van der Waals surface area (Å²) in [5.74, 6) is 0.245. The molecule has 1 aromatic rings. The Morgan fingerprint density at radius 2 is 1.89 bits per heavy atom. The fraction of sp³-hybridized carbons (Fsp3) is 0.538. The Hall–Kier alpha value is -1.07. The van der Waals surface area contributed by atoms with Gasteiger partial charge in [-0.05, 0) is 19.9 Å². The van der Waals surface area contributed by atoms with Gasteiger partial charge < -0.3 is 10.4 Å². The molecular weight excluding hydrogens is 250 g/mol. The average Bonchev–Trinajstić information content (AvgIpc) is 2.28. The largest absolute Gasteiger partial charge is 0.389 e. The van der Waals surface area contributed by atoms with Gasteiger partial charge in [0, 0.05) is 23.0 Å². The number of aliphatic hydroxyl groups excluding tert-OH is 1. The first-order valence-corrected chi connectivity index (χ1v) is 7.92. The Morgan fingerprint density at radius 3 is 2.44 bits per heavy atom. The zero-order chi connectivity index (χ0) is 13.8. The molecule has 102 valence electrons. The number of sulfone groups is 1. The Kier molecular flexibility index (Phi) is 5.16. The number of hydrogen-bond acceptors (Lipinski definition) is 4. The summed E-state index contributed by atoms with van der Waals surface area (Å²) in [6, 6.07) is 7.19. The second-order valence-electron chi connectivity index (χ2n) is 4.51. The molecular formula is C13H21NO3S. The lowest BCUT2D eigenvalue weighted by atomic mass is 10.1. The maximum atomic E-state index is 11.5. The zero-order valence-electron chi connectivity index (χ0n) is 11.1. The Bertz CT molecular complexity index is 483. The van der Waals surface area contributed by atoms with Gasteiger partial charge in [0.05, 0.1) is 11.9 Å². The minimum atomic E-state index is -3.00. The summed E-state index contributed by atoms with van der Waals surface area (Å²) in [5.41, 5.74) is 1.56. The van der Waals surface area contributed by atoms with E-state index in [0.717, 1.165) is 11.3 Å². The van der Waals surface area contributed by atoms with Crippen LogP contribution in [0.15, 0.2) is 24.3 Å². The van der Waals surface area contributed by atoms with Crippen molar-refractivity contribution in [1.82, 2.24) is 0 Å². The number of aliphatic hydroxyl groups is 1. The van der Waals surface area contributed by atoms with Gasteiger partial charge in [0.15, 0.2) is 9.84 Å². The van der Waals surface area contributed by atoms with Crippen LogP contribution in [0.2, 0.25) is 0 Å². The molecule has 0 saturated carbocycles. The van der Waals surface area contributed by atoms with Crippen LogP contribution in [0.3, 0.4) is 0 Å². The molecule has 0 aliphatic rings. The molecule has 1 aromatic carbocycles. The van der Waals surface area contributed by atoms with Gasteiger partial charge in [-0.3, -0.25) is 0 Å². The van der Waals surface area contributed by atoms with Crippen LogP contribution in [0.4, 0.5) is 5.69 Å². The molecule has 0 aromatic heterocycles. The van der Waals surface area contributed by atoms with Gasteiger partial charge in [-0.1, -0.05) is 25.1 Å². The molecule has 0 amide bonds. The fourth-order valence-corrected chi connectivity index (χ4v) is 2.88. The van der Waals surface area contributed by atoms with E-state index in [1.807, 2.05) is 31.2 Å². The van der Waals surface area contributed by atoms with E-state index >= 15 is 0 Å². The van der Waals surface area contributed by atoms with E-state index in [2.05, 4.69) is 5.32 Å². The Labute approximate surface area is 109 Å². The van der Waals surface area contributed by atoms with Crippen molar-refractivity contribution in [2.24, 2.45) is 0 Å². The van der Waals surface area contributed by atoms with E-state index in [4.69, 9.17) is 0 Å². The summed E-state index contributed by atoms with van der Waals surface area (Å²) >= 11 is 0. The van der Waals surface area contributed by atoms with Crippen LogP contribution in [-0.4, -0.2) is 31.1 Å². The average molecular weight is 271 g/mol. The van der Waals surface area contributed by atoms with Crippen LogP contribution >= 0.6 is 0 Å². The van der Waals surface area contributed by atoms with Gasteiger partial charge in [-0.25, -0.2) is 8.42 Å². The third-order valence-corrected chi connectivity index (χ3v) is 4.64. The second-order valence-corrected chi connectivity index (χ2v) is 6.91. The lowest BCUT2D eigenvalue weighted by Gasteiger charge is -2.19. The molecule has 0 bridgehead atoms. The molecule has 2 N–H and O–H groups in total. The minimum absolute atomic E-state index is 0.0949. The van der Waals surface area contributed by atoms with Gasteiger partial charge in [0.2, 0.25) is 0 Å². The molecule has 2 unspecified atom stereocenters. The predicted molar refractivity (Wildman–Crippen MR) is 74.5 cm³/mol. The first-order valence-electron chi connectivity index (χ1n) is 6.09. The quantitative estimate of drug-likeness (QED) is 0.830. The number of anilines is 1. The lowest BCUT2D eigenvalue weighted by molar-refractivity contribution is 0.200. The third kappa shape index (κ3) is 4.31. The maximum Gasteiger partial charge on any atom is 0.152 e. The van der Waals surface area contributed by atoms with Crippen molar-refractivity contribution in [3.63, 3.8) is 0 Å². The summed E-state index contributed by atoms with van der Waals surface area (Å²) < 4.78 is 23.1. The van der Waals surface area contributed by atoms with Gasteiger partial charge >= 0.3 is 0 Å². The summed E-state index contributed by atoms with van der Waals surface area (Å²) in [4.78, 5) is 0. The maximum absolute atomic E-state index is 11.5. The minimum Gasteiger partial charge on any atom is -0.389 e. The molecule has 0 saturated heterocycles. The van der Waals surface area contributed by atoms with Crippen molar-refractivity contribution in [1.29, 1.82) is 0 Å². The van der Waals surface area contributed by atoms with Crippen molar-refractivity contribution >= 4 is 15.5 Å². The van der Waals surface area contributed by atoms with Crippen molar-refractivity contribution in [3.05, 3.63) is 29.8 Å². The molecule has 5 heteroatoms. The van der Waals surface area contributed by atoms with E-state index < -0.39 is 15.9 Å². The summed E-state index contributed by atoms with van der Waals surface area (Å²) in [6.07, 6.45) is -0.580. The van der Waals surface area contributed by atoms with Crippen LogP contribution < -0.4 is 5.32 Å². The molecule has 0 radical (unpaired) electrons. The standard InChI is InChI=1S/C13H21NO3S/c1-4-18(16,17)9-10(2)14-13-8-6-5-7-12(13)11(3)15/h5-8,10-11,14-15H,4,9H2,1-3H3. The Morgan fingerprint density at radius 1 is 1.28 bits per heavy atom. The molecule has 4 nitrogen and oxygen atoms in total. The van der Waals surface area contributed by atoms with Gasteiger partial charge in [-0.15, -0.1) is 0 Å². The van der Waals surface area contributed by atoms with E-state index in [9.17, 15) is 13.5 Å². The molecule has 0 fully saturated rings. The molecule has 0 aliphatic heterocycles. The summed E-state index contributed by atoms with van der Waals surface area (Å²) in [5, 5.41) is 12.8. The van der Waals surface area contributed by atoms with Crippen LogP contribution in [0.5, 0.6) is 0 Å². The van der Waals surface area contributed by atoms with Crippen molar-refractivity contribution in [2.45, 2.75) is 32.9 Å². The molecule has 1 rings (SSSR count). The molecule has 18 heavy (non-hydrogen) atoms. The monoisotopic (exact) mass is 271 g/mol. The molecule has 2 atom stereocenters. The van der Waals surface area contributed by atoms with Crippen LogP contribution in [0, 0.1) is 0 Å². The van der Waals surface area contributed by atoms with Gasteiger partial charge in [-0.2, -0.15) is 0 Å². The van der Waals surface area contributed by atoms with Crippen molar-refractivity contribution in [2.75, 3.05) is 16.8 Å². The highest BCUT2D eigenvalue weighted by Crippen LogP contribution is 2.22. The molecule has 0 heterocycles. The van der Waals surface area contributed by atoms with Crippen LogP contribution in [-0.2, 0) is 9.84 Å². The number of rotatable bonds is 6.